The van der Waals surface area contributed by atoms with E-state index in [2.05, 4.69) is 35.1 Å². The Kier molecular flexibility index (Phi) is 4.99. The Hall–Kier alpha value is -1.14. The number of nitrogens with one attached hydrogen (secondary N) is 1. The van der Waals surface area contributed by atoms with E-state index >= 15 is 0 Å². The zero-order valence-electron chi connectivity index (χ0n) is 12.2. The standard InChI is InChI=1S/C14H23N3O2S/c1-12(2)15-10-13-4-5-14(16-11-13)17-6-3-8-20(18,19)9-7-17/h4-5,11-12,15H,3,6-10H2,1-2H3. The molecule has 0 aliphatic carbocycles. The van der Waals surface area contributed by atoms with Gasteiger partial charge in [-0.05, 0) is 18.1 Å². The number of hydrogen-bond acceptors (Lipinski definition) is 5. The molecule has 0 atom stereocenters. The average Bonchev–Trinajstić information content (AvgIpc) is 2.58. The summed E-state index contributed by atoms with van der Waals surface area (Å²) in [5.74, 6) is 1.39. The van der Waals surface area contributed by atoms with Gasteiger partial charge in [-0.2, -0.15) is 0 Å². The smallest absolute Gasteiger partial charge is 0.152 e. The van der Waals surface area contributed by atoms with Crippen LogP contribution in [0.5, 0.6) is 0 Å². The molecule has 1 fully saturated rings. The molecule has 2 rings (SSSR count). The zero-order valence-corrected chi connectivity index (χ0v) is 13.0. The number of rotatable bonds is 4. The third kappa shape index (κ3) is 4.45. The van der Waals surface area contributed by atoms with Crippen molar-refractivity contribution >= 4 is 15.7 Å². The number of nitrogens with zero attached hydrogens (tertiary/aromatic N) is 2. The quantitative estimate of drug-likeness (QED) is 0.905. The highest BCUT2D eigenvalue weighted by Gasteiger charge is 2.19. The van der Waals surface area contributed by atoms with E-state index in [1.807, 2.05) is 12.3 Å². The summed E-state index contributed by atoms with van der Waals surface area (Å²) < 4.78 is 23.2. The van der Waals surface area contributed by atoms with Crippen LogP contribution in [0.4, 0.5) is 5.82 Å². The van der Waals surface area contributed by atoms with Gasteiger partial charge in [0, 0.05) is 31.9 Å². The van der Waals surface area contributed by atoms with Gasteiger partial charge >= 0.3 is 0 Å². The Balaban J connectivity index is 1.99. The number of pyridine rings is 1. The average molecular weight is 297 g/mol. The summed E-state index contributed by atoms with van der Waals surface area (Å²) in [7, 11) is -2.87. The van der Waals surface area contributed by atoms with Gasteiger partial charge in [-0.15, -0.1) is 0 Å². The van der Waals surface area contributed by atoms with Crippen LogP contribution in [0.3, 0.4) is 0 Å². The molecule has 2 heterocycles. The molecule has 6 heteroatoms. The third-order valence-corrected chi connectivity index (χ3v) is 5.12. The molecule has 1 N–H and O–H groups in total. The molecule has 112 valence electrons. The molecule has 5 nitrogen and oxygen atoms in total. The monoisotopic (exact) mass is 297 g/mol. The second-order valence-electron chi connectivity index (χ2n) is 5.55. The van der Waals surface area contributed by atoms with Gasteiger partial charge in [0.1, 0.15) is 5.82 Å². The van der Waals surface area contributed by atoms with Crippen LogP contribution >= 0.6 is 0 Å². The molecule has 0 aromatic carbocycles. The van der Waals surface area contributed by atoms with Crippen LogP contribution in [0.2, 0.25) is 0 Å². The molecule has 0 unspecified atom stereocenters. The lowest BCUT2D eigenvalue weighted by molar-refractivity contribution is 0.588. The first-order valence-corrected chi connectivity index (χ1v) is 8.92. The van der Waals surface area contributed by atoms with Crippen molar-refractivity contribution in [3.63, 3.8) is 0 Å². The third-order valence-electron chi connectivity index (χ3n) is 3.40. The van der Waals surface area contributed by atoms with Gasteiger partial charge in [0.15, 0.2) is 9.84 Å². The van der Waals surface area contributed by atoms with Crippen molar-refractivity contribution in [2.45, 2.75) is 32.9 Å². The summed E-state index contributed by atoms with van der Waals surface area (Å²) in [6.07, 6.45) is 2.55. The highest BCUT2D eigenvalue weighted by molar-refractivity contribution is 7.91. The topological polar surface area (TPSA) is 62.3 Å². The summed E-state index contributed by atoms with van der Waals surface area (Å²) >= 11 is 0. The fourth-order valence-corrected chi connectivity index (χ4v) is 3.47. The first-order chi connectivity index (χ1) is 9.46. The Morgan fingerprint density at radius 2 is 2.10 bits per heavy atom. The highest BCUT2D eigenvalue weighted by Crippen LogP contribution is 2.15. The maximum Gasteiger partial charge on any atom is 0.152 e. The van der Waals surface area contributed by atoms with Crippen molar-refractivity contribution in [3.05, 3.63) is 23.9 Å². The fraction of sp³-hybridized carbons (Fsp3) is 0.643. The Morgan fingerprint density at radius 1 is 1.30 bits per heavy atom. The SMILES string of the molecule is CC(C)NCc1ccc(N2CCCS(=O)(=O)CC2)nc1. The van der Waals surface area contributed by atoms with E-state index in [4.69, 9.17) is 0 Å². The molecular weight excluding hydrogens is 274 g/mol. The maximum absolute atomic E-state index is 11.6. The minimum Gasteiger partial charge on any atom is -0.356 e. The van der Waals surface area contributed by atoms with E-state index in [0.29, 0.717) is 24.8 Å². The summed E-state index contributed by atoms with van der Waals surface area (Å²) in [6, 6.07) is 4.48. The normalized spacial score (nSPS) is 19.1. The molecule has 0 spiro atoms. The maximum atomic E-state index is 11.6. The minimum absolute atomic E-state index is 0.228. The number of aromatic nitrogens is 1. The van der Waals surface area contributed by atoms with Gasteiger partial charge < -0.3 is 10.2 Å². The Labute approximate surface area is 121 Å². The van der Waals surface area contributed by atoms with E-state index in [0.717, 1.165) is 24.5 Å². The molecule has 1 aliphatic rings. The molecule has 0 bridgehead atoms. The second kappa shape index (κ2) is 6.54. The molecule has 1 aliphatic heterocycles. The van der Waals surface area contributed by atoms with Gasteiger partial charge in [0.05, 0.1) is 11.5 Å². The van der Waals surface area contributed by atoms with Gasteiger partial charge in [0.2, 0.25) is 0 Å². The number of sulfone groups is 1. The number of anilines is 1. The van der Waals surface area contributed by atoms with Crippen molar-refractivity contribution in [3.8, 4) is 0 Å². The summed E-state index contributed by atoms with van der Waals surface area (Å²) in [6.45, 7) is 6.33. The van der Waals surface area contributed by atoms with Crippen LogP contribution in [0.25, 0.3) is 0 Å². The summed E-state index contributed by atoms with van der Waals surface area (Å²) in [5.41, 5.74) is 1.14. The van der Waals surface area contributed by atoms with Gasteiger partial charge in [-0.1, -0.05) is 19.9 Å². The van der Waals surface area contributed by atoms with E-state index in [9.17, 15) is 8.42 Å². The van der Waals surface area contributed by atoms with E-state index in [-0.39, 0.29) is 5.75 Å². The van der Waals surface area contributed by atoms with E-state index in [1.54, 1.807) is 0 Å². The highest BCUT2D eigenvalue weighted by atomic mass is 32.2. The minimum atomic E-state index is -2.87. The van der Waals surface area contributed by atoms with E-state index < -0.39 is 9.84 Å². The zero-order chi connectivity index (χ0) is 14.6. The van der Waals surface area contributed by atoms with Gasteiger partial charge in [0.25, 0.3) is 0 Å². The van der Waals surface area contributed by atoms with Crippen LogP contribution in [0, 0.1) is 0 Å². The van der Waals surface area contributed by atoms with Crippen LogP contribution in [0.1, 0.15) is 25.8 Å². The summed E-state index contributed by atoms with van der Waals surface area (Å²) in [4.78, 5) is 6.52. The molecule has 1 aromatic heterocycles. The van der Waals surface area contributed by atoms with Gasteiger partial charge in [-0.3, -0.25) is 0 Å². The molecule has 0 saturated carbocycles. The van der Waals surface area contributed by atoms with Crippen molar-refractivity contribution in [2.75, 3.05) is 29.5 Å². The van der Waals surface area contributed by atoms with Crippen molar-refractivity contribution < 1.29 is 8.42 Å². The molecular formula is C14H23N3O2S. The summed E-state index contributed by atoms with van der Waals surface area (Å²) in [5, 5.41) is 3.35. The van der Waals surface area contributed by atoms with Crippen molar-refractivity contribution in [1.29, 1.82) is 0 Å². The molecule has 20 heavy (non-hydrogen) atoms. The second-order valence-corrected chi connectivity index (χ2v) is 7.86. The molecule has 0 amide bonds. The molecule has 1 saturated heterocycles. The lowest BCUT2D eigenvalue weighted by atomic mass is 10.2. The fourth-order valence-electron chi connectivity index (χ4n) is 2.20. The van der Waals surface area contributed by atoms with Crippen molar-refractivity contribution in [2.24, 2.45) is 0 Å². The lowest BCUT2D eigenvalue weighted by Gasteiger charge is -2.21. The van der Waals surface area contributed by atoms with Crippen LogP contribution in [-0.2, 0) is 16.4 Å². The number of hydrogen-bond donors (Lipinski definition) is 1. The molecule has 0 radical (unpaired) electrons. The predicted molar refractivity (Wildman–Crippen MR) is 81.7 cm³/mol. The van der Waals surface area contributed by atoms with Crippen LogP contribution in [0.15, 0.2) is 18.3 Å². The Bertz CT molecular complexity index is 526. The predicted octanol–water partition coefficient (Wildman–Crippen LogP) is 1.20. The van der Waals surface area contributed by atoms with Gasteiger partial charge in [-0.25, -0.2) is 13.4 Å². The van der Waals surface area contributed by atoms with E-state index in [1.165, 1.54) is 0 Å². The van der Waals surface area contributed by atoms with Crippen LogP contribution in [-0.4, -0.2) is 44.0 Å². The molecule has 1 aromatic rings. The largest absolute Gasteiger partial charge is 0.356 e. The first kappa shape index (κ1) is 15.3. The Morgan fingerprint density at radius 3 is 2.75 bits per heavy atom. The first-order valence-electron chi connectivity index (χ1n) is 7.10. The van der Waals surface area contributed by atoms with Crippen molar-refractivity contribution in [1.82, 2.24) is 10.3 Å². The lowest BCUT2D eigenvalue weighted by Crippen LogP contribution is -2.27. The van der Waals surface area contributed by atoms with Crippen LogP contribution < -0.4 is 10.2 Å².